The lowest BCUT2D eigenvalue weighted by Crippen LogP contribution is -1.85. The lowest BCUT2D eigenvalue weighted by Gasteiger charge is -2.10. The lowest BCUT2D eigenvalue weighted by atomic mass is 9.94. The van der Waals surface area contributed by atoms with Crippen molar-refractivity contribution in [1.29, 1.82) is 0 Å². The molecule has 4 aromatic carbocycles. The van der Waals surface area contributed by atoms with Crippen LogP contribution in [0.2, 0.25) is 0 Å². The van der Waals surface area contributed by atoms with E-state index in [1.807, 2.05) is 19.1 Å². The Morgan fingerprint density at radius 3 is 2.08 bits per heavy atom. The summed E-state index contributed by atoms with van der Waals surface area (Å²) in [5.74, 6) is 0.693. The number of benzene rings is 4. The van der Waals surface area contributed by atoms with Crippen LogP contribution in [-0.4, -0.2) is 4.98 Å². The average molecular weight is 335 g/mol. The second kappa shape index (κ2) is 5.85. The Kier molecular flexibility index (Phi) is 3.36. The van der Waals surface area contributed by atoms with E-state index in [-0.39, 0.29) is 0 Å². The van der Waals surface area contributed by atoms with E-state index in [9.17, 15) is 0 Å². The van der Waals surface area contributed by atoms with Gasteiger partial charge in [0.25, 0.3) is 0 Å². The number of fused-ring (bicyclic) bond motifs is 3. The Hall–Kier alpha value is -3.39. The van der Waals surface area contributed by atoms with Gasteiger partial charge in [0.1, 0.15) is 5.52 Å². The van der Waals surface area contributed by atoms with Gasteiger partial charge < -0.3 is 4.42 Å². The number of aromatic nitrogens is 1. The minimum Gasteiger partial charge on any atom is -0.441 e. The van der Waals surface area contributed by atoms with Crippen molar-refractivity contribution in [2.24, 2.45) is 0 Å². The Bertz CT molecular complexity index is 1220. The highest BCUT2D eigenvalue weighted by Crippen LogP contribution is 2.37. The van der Waals surface area contributed by atoms with Gasteiger partial charge in [-0.15, -0.1) is 0 Å². The first kappa shape index (κ1) is 14.9. The number of hydrogen-bond acceptors (Lipinski definition) is 2. The highest BCUT2D eigenvalue weighted by atomic mass is 16.3. The van der Waals surface area contributed by atoms with Crippen molar-refractivity contribution in [3.05, 3.63) is 90.8 Å². The highest BCUT2D eigenvalue weighted by molar-refractivity contribution is 6.11. The molecule has 0 aliphatic carbocycles. The van der Waals surface area contributed by atoms with Crippen LogP contribution >= 0.6 is 0 Å². The molecule has 0 aliphatic rings. The first-order valence-electron chi connectivity index (χ1n) is 8.74. The van der Waals surface area contributed by atoms with Gasteiger partial charge in [-0.2, -0.15) is 0 Å². The van der Waals surface area contributed by atoms with Crippen LogP contribution in [0.25, 0.3) is 44.1 Å². The molecule has 0 saturated carbocycles. The van der Waals surface area contributed by atoms with Gasteiger partial charge in [0.05, 0.1) is 0 Å². The van der Waals surface area contributed by atoms with Crippen molar-refractivity contribution in [2.45, 2.75) is 6.92 Å². The number of aryl methyl sites for hydroxylation is 1. The van der Waals surface area contributed by atoms with Crippen LogP contribution in [0.5, 0.6) is 0 Å². The average Bonchev–Trinajstić information content (AvgIpc) is 3.08. The highest BCUT2D eigenvalue weighted by Gasteiger charge is 2.13. The number of nitrogens with zero attached hydrogens (tertiary/aromatic N) is 1. The Morgan fingerprint density at radius 1 is 0.654 bits per heavy atom. The molecule has 124 valence electrons. The van der Waals surface area contributed by atoms with Crippen molar-refractivity contribution < 1.29 is 4.42 Å². The monoisotopic (exact) mass is 335 g/mol. The molecular formula is C24H17NO. The van der Waals surface area contributed by atoms with Gasteiger partial charge in [0, 0.05) is 12.3 Å². The molecule has 5 rings (SSSR count). The third-order valence-corrected chi connectivity index (χ3v) is 4.79. The van der Waals surface area contributed by atoms with E-state index in [2.05, 4.69) is 77.8 Å². The first-order valence-corrected chi connectivity index (χ1v) is 8.74. The standard InChI is InChI=1S/C24H17NO/c1-16-25-24-20-13-12-19(17-8-4-2-5-9-17)14-22(20)21(15-23(24)26-16)18-10-6-3-7-11-18/h2-15H,1H3. The molecule has 1 aromatic heterocycles. The minimum atomic E-state index is 0.693. The third-order valence-electron chi connectivity index (χ3n) is 4.79. The van der Waals surface area contributed by atoms with Crippen LogP contribution in [0.15, 0.2) is 89.3 Å². The molecule has 1 heterocycles. The zero-order valence-corrected chi connectivity index (χ0v) is 14.4. The molecule has 0 fully saturated rings. The summed E-state index contributed by atoms with van der Waals surface area (Å²) in [4.78, 5) is 4.61. The van der Waals surface area contributed by atoms with Crippen molar-refractivity contribution in [2.75, 3.05) is 0 Å². The van der Waals surface area contributed by atoms with E-state index in [4.69, 9.17) is 4.42 Å². The molecule has 0 aliphatic heterocycles. The van der Waals surface area contributed by atoms with Crippen molar-refractivity contribution in [3.63, 3.8) is 0 Å². The fraction of sp³-hybridized carbons (Fsp3) is 0.0417. The molecular weight excluding hydrogens is 318 g/mol. The fourth-order valence-corrected chi connectivity index (χ4v) is 3.58. The lowest BCUT2D eigenvalue weighted by molar-refractivity contribution is 0.561. The van der Waals surface area contributed by atoms with Crippen molar-refractivity contribution in [1.82, 2.24) is 4.98 Å². The van der Waals surface area contributed by atoms with Gasteiger partial charge in [0.2, 0.25) is 0 Å². The SMILES string of the molecule is Cc1nc2c(cc(-c3ccccc3)c3cc(-c4ccccc4)ccc32)o1. The number of hydrogen-bond donors (Lipinski definition) is 0. The summed E-state index contributed by atoms with van der Waals surface area (Å²) < 4.78 is 5.84. The van der Waals surface area contributed by atoms with Crippen LogP contribution in [0.1, 0.15) is 5.89 Å². The molecule has 0 bridgehead atoms. The summed E-state index contributed by atoms with van der Waals surface area (Å²) in [5.41, 5.74) is 6.53. The smallest absolute Gasteiger partial charge is 0.192 e. The second-order valence-corrected chi connectivity index (χ2v) is 6.50. The summed E-state index contributed by atoms with van der Waals surface area (Å²) >= 11 is 0. The van der Waals surface area contributed by atoms with Gasteiger partial charge >= 0.3 is 0 Å². The van der Waals surface area contributed by atoms with Crippen LogP contribution in [-0.2, 0) is 0 Å². The first-order chi connectivity index (χ1) is 12.8. The normalized spacial score (nSPS) is 11.3. The third kappa shape index (κ3) is 2.39. The van der Waals surface area contributed by atoms with Gasteiger partial charge in [-0.05, 0) is 39.8 Å². The summed E-state index contributed by atoms with van der Waals surface area (Å²) in [5, 5.41) is 2.32. The molecule has 2 heteroatoms. The molecule has 2 nitrogen and oxygen atoms in total. The van der Waals surface area contributed by atoms with E-state index in [1.54, 1.807) is 0 Å². The molecule has 26 heavy (non-hydrogen) atoms. The van der Waals surface area contributed by atoms with Crippen LogP contribution < -0.4 is 0 Å². The maximum absolute atomic E-state index is 5.84. The van der Waals surface area contributed by atoms with E-state index >= 15 is 0 Å². The maximum Gasteiger partial charge on any atom is 0.192 e. The van der Waals surface area contributed by atoms with Gasteiger partial charge in [-0.25, -0.2) is 4.98 Å². The fourth-order valence-electron chi connectivity index (χ4n) is 3.58. The molecule has 0 unspecified atom stereocenters. The summed E-state index contributed by atoms with van der Waals surface area (Å²) in [6, 6.07) is 29.6. The molecule has 0 saturated heterocycles. The molecule has 0 radical (unpaired) electrons. The van der Waals surface area contributed by atoms with E-state index in [0.717, 1.165) is 16.5 Å². The zero-order chi connectivity index (χ0) is 17.5. The molecule has 0 N–H and O–H groups in total. The van der Waals surface area contributed by atoms with Gasteiger partial charge in [-0.1, -0.05) is 72.8 Å². The summed E-state index contributed by atoms with van der Waals surface area (Å²) in [7, 11) is 0. The largest absolute Gasteiger partial charge is 0.441 e. The molecule has 5 aromatic rings. The minimum absolute atomic E-state index is 0.693. The number of rotatable bonds is 2. The summed E-state index contributed by atoms with van der Waals surface area (Å²) in [6.07, 6.45) is 0. The summed E-state index contributed by atoms with van der Waals surface area (Å²) in [6.45, 7) is 1.90. The molecule has 0 atom stereocenters. The molecule has 0 spiro atoms. The zero-order valence-electron chi connectivity index (χ0n) is 14.4. The van der Waals surface area contributed by atoms with E-state index < -0.39 is 0 Å². The van der Waals surface area contributed by atoms with Crippen LogP contribution in [0.4, 0.5) is 0 Å². The maximum atomic E-state index is 5.84. The van der Waals surface area contributed by atoms with Gasteiger partial charge in [0.15, 0.2) is 11.5 Å². The quantitative estimate of drug-likeness (QED) is 0.362. The second-order valence-electron chi connectivity index (χ2n) is 6.50. The van der Waals surface area contributed by atoms with E-state index in [0.29, 0.717) is 5.89 Å². The van der Waals surface area contributed by atoms with Gasteiger partial charge in [-0.3, -0.25) is 0 Å². The number of oxazole rings is 1. The predicted octanol–water partition coefficient (Wildman–Crippen LogP) is 6.62. The Balaban J connectivity index is 1.87. The topological polar surface area (TPSA) is 26.0 Å². The Labute approximate surface area is 151 Å². The van der Waals surface area contributed by atoms with Crippen LogP contribution in [0, 0.1) is 6.92 Å². The van der Waals surface area contributed by atoms with E-state index in [1.165, 1.54) is 27.6 Å². The van der Waals surface area contributed by atoms with Crippen LogP contribution in [0.3, 0.4) is 0 Å². The predicted molar refractivity (Wildman–Crippen MR) is 107 cm³/mol. The van der Waals surface area contributed by atoms with Crippen molar-refractivity contribution >= 4 is 21.9 Å². The Morgan fingerprint density at radius 2 is 1.35 bits per heavy atom. The molecule has 0 amide bonds. The van der Waals surface area contributed by atoms with Crippen molar-refractivity contribution in [3.8, 4) is 22.3 Å².